The summed E-state index contributed by atoms with van der Waals surface area (Å²) in [6.07, 6.45) is 3.18. The van der Waals surface area contributed by atoms with Crippen molar-refractivity contribution in [2.24, 2.45) is 0 Å². The Bertz CT molecular complexity index is 1970. The molecule has 48 heavy (non-hydrogen) atoms. The van der Waals surface area contributed by atoms with E-state index in [2.05, 4.69) is 10.6 Å². The second-order valence-electron chi connectivity index (χ2n) is 10.2. The zero-order chi connectivity index (χ0) is 34.7. The number of nitro groups is 1. The number of aryl methyl sites for hydroxylation is 1. The highest BCUT2D eigenvalue weighted by Gasteiger charge is 2.25. The first kappa shape index (κ1) is 34.8. The Morgan fingerprint density at radius 3 is 2.40 bits per heavy atom. The average molecular weight is 674 g/mol. The van der Waals surface area contributed by atoms with Crippen molar-refractivity contribution < 1.29 is 37.7 Å². The number of hydrogen-bond donors (Lipinski definition) is 5. The van der Waals surface area contributed by atoms with Gasteiger partial charge in [0.25, 0.3) is 21.6 Å². The number of para-hydroxylation sites is 1. The van der Waals surface area contributed by atoms with E-state index in [9.17, 15) is 32.9 Å². The van der Waals surface area contributed by atoms with Gasteiger partial charge in [-0.2, -0.15) is 0 Å². The predicted octanol–water partition coefficient (Wildman–Crippen LogP) is 5.16. The van der Waals surface area contributed by atoms with Crippen LogP contribution >= 0.6 is 0 Å². The fraction of sp³-hybridized carbons (Fsp3) is 0.121. The Kier molecular flexibility index (Phi) is 11.6. The van der Waals surface area contributed by atoms with Gasteiger partial charge in [-0.15, -0.1) is 0 Å². The van der Waals surface area contributed by atoms with Crippen molar-refractivity contribution in [2.75, 3.05) is 17.2 Å². The normalized spacial score (nSPS) is 11.0. The zero-order valence-electron chi connectivity index (χ0n) is 25.5. The molecule has 0 aliphatic heterocycles. The fourth-order valence-corrected chi connectivity index (χ4v) is 5.34. The van der Waals surface area contributed by atoms with Crippen molar-refractivity contribution in [2.45, 2.75) is 24.7 Å². The van der Waals surface area contributed by atoms with E-state index in [1.807, 2.05) is 35.9 Å². The molecule has 15 heteroatoms. The third-order valence-corrected chi connectivity index (χ3v) is 8.12. The minimum absolute atomic E-state index is 0.0142. The maximum Gasteiger partial charge on any atom is 0.293 e. The maximum atomic E-state index is 13.3. The van der Waals surface area contributed by atoms with E-state index in [1.165, 1.54) is 29.8 Å². The van der Waals surface area contributed by atoms with Crippen molar-refractivity contribution in [1.29, 1.82) is 0 Å². The molecule has 248 valence electrons. The van der Waals surface area contributed by atoms with E-state index in [4.69, 9.17) is 9.94 Å². The molecule has 0 unspecified atom stereocenters. The van der Waals surface area contributed by atoms with Gasteiger partial charge in [0.15, 0.2) is 0 Å². The summed E-state index contributed by atoms with van der Waals surface area (Å²) in [6.45, 7) is 2.02. The average Bonchev–Trinajstić information content (AvgIpc) is 3.06. The number of amides is 3. The topological polar surface area (TPSA) is 206 Å². The number of rotatable bonds is 14. The van der Waals surface area contributed by atoms with Gasteiger partial charge in [0.2, 0.25) is 11.8 Å². The lowest BCUT2D eigenvalue weighted by atomic mass is 10.1. The lowest BCUT2D eigenvalue weighted by Crippen LogP contribution is -2.31. The summed E-state index contributed by atoms with van der Waals surface area (Å²) >= 11 is 0. The molecule has 5 N–H and O–H groups in total. The van der Waals surface area contributed by atoms with Crippen LogP contribution in [0.5, 0.6) is 11.5 Å². The minimum atomic E-state index is -4.62. The summed E-state index contributed by atoms with van der Waals surface area (Å²) in [5.74, 6) is -1.93. The summed E-state index contributed by atoms with van der Waals surface area (Å²) in [4.78, 5) is 47.6. The first-order valence-corrected chi connectivity index (χ1v) is 15.9. The van der Waals surface area contributed by atoms with Crippen LogP contribution in [-0.2, 0) is 19.6 Å². The van der Waals surface area contributed by atoms with E-state index >= 15 is 0 Å². The SMILES string of the molecule is Cc1ccccc1C=CC(=O)Nc1ccc(C(=O)NS(=O)(=O)c2ccc(NCCCC(=O)NO)c([N+](=O)[O-])c2)c(Oc2ccccc2)c1. The van der Waals surface area contributed by atoms with Crippen LogP contribution in [0.3, 0.4) is 0 Å². The van der Waals surface area contributed by atoms with Crippen molar-refractivity contribution in [3.05, 3.63) is 124 Å². The second kappa shape index (κ2) is 16.0. The number of benzene rings is 4. The van der Waals surface area contributed by atoms with Gasteiger partial charge in [0.1, 0.15) is 17.2 Å². The number of sulfonamides is 1. The maximum absolute atomic E-state index is 13.3. The molecular weight excluding hydrogens is 642 g/mol. The van der Waals surface area contributed by atoms with Crippen LogP contribution in [0.25, 0.3) is 6.08 Å². The number of nitrogens with zero attached hydrogens (tertiary/aromatic N) is 1. The van der Waals surface area contributed by atoms with Gasteiger partial charge in [-0.05, 0) is 66.9 Å². The third-order valence-electron chi connectivity index (χ3n) is 6.79. The summed E-state index contributed by atoms with van der Waals surface area (Å²) < 4.78 is 34.2. The number of nitrogens with one attached hydrogen (secondary N) is 4. The van der Waals surface area contributed by atoms with Crippen LogP contribution in [-0.4, -0.2) is 42.8 Å². The Balaban J connectivity index is 1.55. The lowest BCUT2D eigenvalue weighted by Gasteiger charge is -2.14. The van der Waals surface area contributed by atoms with Gasteiger partial charge in [-0.25, -0.2) is 18.6 Å². The molecule has 0 radical (unpaired) electrons. The van der Waals surface area contributed by atoms with Crippen molar-refractivity contribution in [3.63, 3.8) is 0 Å². The molecule has 0 saturated heterocycles. The van der Waals surface area contributed by atoms with Crippen molar-refractivity contribution in [3.8, 4) is 11.5 Å². The molecule has 14 nitrogen and oxygen atoms in total. The molecule has 4 aromatic rings. The van der Waals surface area contributed by atoms with Gasteiger partial charge < -0.3 is 15.4 Å². The number of carbonyl (C=O) groups excluding carboxylic acids is 3. The van der Waals surface area contributed by atoms with E-state index in [0.717, 1.165) is 29.3 Å². The number of anilines is 2. The molecule has 0 aromatic heterocycles. The number of hydrogen-bond acceptors (Lipinski definition) is 10. The van der Waals surface area contributed by atoms with Gasteiger partial charge in [-0.1, -0.05) is 42.5 Å². The first-order chi connectivity index (χ1) is 23.0. The number of hydroxylamine groups is 1. The first-order valence-electron chi connectivity index (χ1n) is 14.4. The van der Waals surface area contributed by atoms with E-state index in [0.29, 0.717) is 5.75 Å². The van der Waals surface area contributed by atoms with Gasteiger partial charge in [0, 0.05) is 36.9 Å². The molecular formula is C33H31N5O9S. The van der Waals surface area contributed by atoms with Crippen LogP contribution in [0, 0.1) is 17.0 Å². The molecule has 0 heterocycles. The summed E-state index contributed by atoms with van der Waals surface area (Å²) in [6, 6.07) is 23.0. The quantitative estimate of drug-likeness (QED) is 0.0390. The number of ether oxygens (including phenoxy) is 1. The monoisotopic (exact) mass is 673 g/mol. The van der Waals surface area contributed by atoms with Crippen LogP contribution in [0.15, 0.2) is 102 Å². The molecule has 0 atom stereocenters. The molecule has 0 fully saturated rings. The van der Waals surface area contributed by atoms with Crippen LogP contribution < -0.4 is 25.6 Å². The summed E-state index contributed by atoms with van der Waals surface area (Å²) in [5, 5.41) is 25.7. The van der Waals surface area contributed by atoms with Gasteiger partial charge in [0.05, 0.1) is 15.4 Å². The van der Waals surface area contributed by atoms with Crippen LogP contribution in [0.2, 0.25) is 0 Å². The Labute approximate surface area is 275 Å². The minimum Gasteiger partial charge on any atom is -0.456 e. The summed E-state index contributed by atoms with van der Waals surface area (Å²) in [5.41, 5.74) is 2.78. The largest absolute Gasteiger partial charge is 0.456 e. The lowest BCUT2D eigenvalue weighted by molar-refractivity contribution is -0.384. The Morgan fingerprint density at radius 1 is 0.958 bits per heavy atom. The number of carbonyl (C=O) groups is 3. The molecule has 4 aromatic carbocycles. The molecule has 0 saturated carbocycles. The zero-order valence-corrected chi connectivity index (χ0v) is 26.3. The highest BCUT2D eigenvalue weighted by Crippen LogP contribution is 2.31. The van der Waals surface area contributed by atoms with E-state index in [-0.39, 0.29) is 42.1 Å². The second-order valence-corrected chi connectivity index (χ2v) is 11.9. The number of nitro benzene ring substituents is 1. The van der Waals surface area contributed by atoms with Gasteiger partial charge in [-0.3, -0.25) is 29.7 Å². The van der Waals surface area contributed by atoms with Crippen LogP contribution in [0.4, 0.5) is 17.1 Å². The molecule has 0 aliphatic carbocycles. The summed E-state index contributed by atoms with van der Waals surface area (Å²) in [7, 11) is -4.62. The molecule has 4 rings (SSSR count). The molecule has 0 bridgehead atoms. The molecule has 0 spiro atoms. The Morgan fingerprint density at radius 2 is 1.69 bits per heavy atom. The standard InChI is InChI=1S/C33H31N5O9S/c1-22-8-5-6-9-23(22)13-18-31(39)35-24-14-16-27(30(20-24)47-25-10-3-2-4-11-25)33(41)37-48(45,46)26-15-17-28(29(21-26)38(43)44)34-19-7-12-32(40)36-42/h2-6,8-11,13-18,20-21,34,42H,7,12,19H2,1H3,(H,35,39)(H,36,40)(H,37,41). The molecule has 3 amide bonds. The highest BCUT2D eigenvalue weighted by atomic mass is 32.2. The van der Waals surface area contributed by atoms with Gasteiger partial charge >= 0.3 is 0 Å². The van der Waals surface area contributed by atoms with E-state index < -0.39 is 43.3 Å². The fourth-order valence-electron chi connectivity index (χ4n) is 4.35. The predicted molar refractivity (Wildman–Crippen MR) is 177 cm³/mol. The van der Waals surface area contributed by atoms with Crippen molar-refractivity contribution in [1.82, 2.24) is 10.2 Å². The highest BCUT2D eigenvalue weighted by molar-refractivity contribution is 7.90. The smallest absolute Gasteiger partial charge is 0.293 e. The van der Waals surface area contributed by atoms with E-state index in [1.54, 1.807) is 36.4 Å². The molecule has 0 aliphatic rings. The van der Waals surface area contributed by atoms with Crippen molar-refractivity contribution >= 4 is 50.9 Å². The Hall–Kier alpha value is -6.06. The van der Waals surface area contributed by atoms with Crippen LogP contribution in [0.1, 0.15) is 34.3 Å². The third kappa shape index (κ3) is 9.48.